The Balaban J connectivity index is 1.74. The first-order valence-corrected chi connectivity index (χ1v) is 6.75. The lowest BCUT2D eigenvalue weighted by Gasteiger charge is -2.05. The van der Waals surface area contributed by atoms with E-state index in [1.165, 1.54) is 5.56 Å². The van der Waals surface area contributed by atoms with Crippen molar-refractivity contribution in [1.82, 2.24) is 10.3 Å². The number of anilines is 1. The van der Waals surface area contributed by atoms with Crippen molar-refractivity contribution < 1.29 is 4.79 Å². The monoisotopic (exact) mass is 269 g/mol. The Morgan fingerprint density at radius 3 is 2.60 bits per heavy atom. The molecular weight excluding hydrogens is 250 g/mol. The van der Waals surface area contributed by atoms with Gasteiger partial charge < -0.3 is 10.6 Å². The maximum atomic E-state index is 11.9. The van der Waals surface area contributed by atoms with Gasteiger partial charge in [0.1, 0.15) is 5.69 Å². The summed E-state index contributed by atoms with van der Waals surface area (Å²) in [5.41, 5.74) is 2.63. The highest BCUT2D eigenvalue weighted by Gasteiger charge is 2.05. The molecular formula is C16H19N3O. The average molecular weight is 269 g/mol. The SMILES string of the molecule is CNc1ccc(C(=O)NCCCc2ccccc2)nc1. The second-order valence-corrected chi connectivity index (χ2v) is 4.53. The number of rotatable bonds is 6. The number of nitrogens with zero attached hydrogens (tertiary/aromatic N) is 1. The van der Waals surface area contributed by atoms with Crippen LogP contribution in [0.15, 0.2) is 48.7 Å². The summed E-state index contributed by atoms with van der Waals surface area (Å²) in [6.45, 7) is 0.656. The van der Waals surface area contributed by atoms with E-state index in [1.54, 1.807) is 12.3 Å². The number of aromatic nitrogens is 1. The molecule has 2 rings (SSSR count). The molecule has 0 saturated heterocycles. The van der Waals surface area contributed by atoms with Gasteiger partial charge in [0.2, 0.25) is 0 Å². The third kappa shape index (κ3) is 4.09. The topological polar surface area (TPSA) is 54.0 Å². The first-order valence-electron chi connectivity index (χ1n) is 6.75. The quantitative estimate of drug-likeness (QED) is 0.792. The molecule has 1 amide bonds. The molecule has 0 aliphatic carbocycles. The van der Waals surface area contributed by atoms with Crippen LogP contribution < -0.4 is 10.6 Å². The fourth-order valence-electron chi connectivity index (χ4n) is 1.91. The van der Waals surface area contributed by atoms with Crippen LogP contribution in [0.1, 0.15) is 22.5 Å². The fourth-order valence-corrected chi connectivity index (χ4v) is 1.91. The number of nitrogens with one attached hydrogen (secondary N) is 2. The van der Waals surface area contributed by atoms with Gasteiger partial charge in [-0.25, -0.2) is 4.98 Å². The molecule has 0 saturated carbocycles. The lowest BCUT2D eigenvalue weighted by molar-refractivity contribution is 0.0948. The lowest BCUT2D eigenvalue weighted by atomic mass is 10.1. The summed E-state index contributed by atoms with van der Waals surface area (Å²) in [7, 11) is 1.82. The van der Waals surface area contributed by atoms with Crippen LogP contribution in [0.4, 0.5) is 5.69 Å². The molecule has 1 heterocycles. The fraction of sp³-hybridized carbons (Fsp3) is 0.250. The Bertz CT molecular complexity index is 537. The first kappa shape index (κ1) is 14.1. The second kappa shape index (κ2) is 7.28. The molecule has 0 spiro atoms. The molecule has 1 aromatic heterocycles. The van der Waals surface area contributed by atoms with E-state index >= 15 is 0 Å². The van der Waals surface area contributed by atoms with Gasteiger partial charge in [-0.15, -0.1) is 0 Å². The maximum Gasteiger partial charge on any atom is 0.269 e. The Morgan fingerprint density at radius 2 is 1.95 bits per heavy atom. The first-order chi connectivity index (χ1) is 9.79. The molecule has 0 atom stereocenters. The van der Waals surface area contributed by atoms with Crippen molar-refractivity contribution in [3.8, 4) is 0 Å². The van der Waals surface area contributed by atoms with E-state index in [0.29, 0.717) is 12.2 Å². The molecule has 0 unspecified atom stereocenters. The Kier molecular flexibility index (Phi) is 5.12. The molecule has 2 N–H and O–H groups in total. The highest BCUT2D eigenvalue weighted by Crippen LogP contribution is 2.05. The van der Waals surface area contributed by atoms with E-state index in [-0.39, 0.29) is 5.91 Å². The van der Waals surface area contributed by atoms with Crippen molar-refractivity contribution in [2.24, 2.45) is 0 Å². The van der Waals surface area contributed by atoms with Crippen molar-refractivity contribution in [3.05, 3.63) is 59.9 Å². The van der Waals surface area contributed by atoms with Gasteiger partial charge in [-0.2, -0.15) is 0 Å². The Hall–Kier alpha value is -2.36. The molecule has 0 bridgehead atoms. The number of carbonyl (C=O) groups is 1. The molecule has 2 aromatic rings. The largest absolute Gasteiger partial charge is 0.387 e. The minimum atomic E-state index is -0.124. The van der Waals surface area contributed by atoms with Gasteiger partial charge in [-0.05, 0) is 30.5 Å². The zero-order valence-corrected chi connectivity index (χ0v) is 11.6. The van der Waals surface area contributed by atoms with E-state index in [0.717, 1.165) is 18.5 Å². The van der Waals surface area contributed by atoms with Gasteiger partial charge in [-0.3, -0.25) is 4.79 Å². The average Bonchev–Trinajstić information content (AvgIpc) is 2.52. The number of amides is 1. The van der Waals surface area contributed by atoms with Crippen molar-refractivity contribution in [2.75, 3.05) is 18.9 Å². The maximum absolute atomic E-state index is 11.9. The Labute approximate surface area is 119 Å². The molecule has 4 heteroatoms. The molecule has 104 valence electrons. The van der Waals surface area contributed by atoms with Crippen LogP contribution in [0.2, 0.25) is 0 Å². The summed E-state index contributed by atoms with van der Waals surface area (Å²) in [5, 5.41) is 5.85. The van der Waals surface area contributed by atoms with Gasteiger partial charge in [0.15, 0.2) is 0 Å². The molecule has 0 aliphatic rings. The minimum absolute atomic E-state index is 0.124. The van der Waals surface area contributed by atoms with Crippen LogP contribution in [0, 0.1) is 0 Å². The number of pyridine rings is 1. The smallest absolute Gasteiger partial charge is 0.269 e. The molecule has 0 radical (unpaired) electrons. The van der Waals surface area contributed by atoms with E-state index in [4.69, 9.17) is 0 Å². The normalized spacial score (nSPS) is 10.1. The zero-order valence-electron chi connectivity index (χ0n) is 11.6. The van der Waals surface area contributed by atoms with E-state index < -0.39 is 0 Å². The number of hydrogen-bond donors (Lipinski definition) is 2. The lowest BCUT2D eigenvalue weighted by Crippen LogP contribution is -2.25. The van der Waals surface area contributed by atoms with E-state index in [9.17, 15) is 4.79 Å². The van der Waals surface area contributed by atoms with Crippen molar-refractivity contribution >= 4 is 11.6 Å². The van der Waals surface area contributed by atoms with Crippen LogP contribution in [0.3, 0.4) is 0 Å². The highest BCUT2D eigenvalue weighted by molar-refractivity contribution is 5.92. The summed E-state index contributed by atoms with van der Waals surface area (Å²) >= 11 is 0. The summed E-state index contributed by atoms with van der Waals surface area (Å²) in [4.78, 5) is 16.0. The standard InChI is InChI=1S/C16H19N3O/c1-17-14-9-10-15(19-12-14)16(20)18-11-5-8-13-6-3-2-4-7-13/h2-4,6-7,9-10,12,17H,5,8,11H2,1H3,(H,18,20). The number of benzene rings is 1. The number of aryl methyl sites for hydroxylation is 1. The number of hydrogen-bond acceptors (Lipinski definition) is 3. The van der Waals surface area contributed by atoms with Crippen molar-refractivity contribution in [3.63, 3.8) is 0 Å². The summed E-state index contributed by atoms with van der Waals surface area (Å²) in [6, 6.07) is 13.8. The summed E-state index contributed by atoms with van der Waals surface area (Å²) in [6.07, 6.45) is 3.54. The minimum Gasteiger partial charge on any atom is -0.387 e. The number of carbonyl (C=O) groups excluding carboxylic acids is 1. The Morgan fingerprint density at radius 1 is 1.15 bits per heavy atom. The van der Waals surface area contributed by atoms with Crippen molar-refractivity contribution in [2.45, 2.75) is 12.8 Å². The van der Waals surface area contributed by atoms with Gasteiger partial charge in [0.25, 0.3) is 5.91 Å². The molecule has 0 aliphatic heterocycles. The predicted octanol–water partition coefficient (Wildman–Crippen LogP) is 2.49. The van der Waals surface area contributed by atoms with Gasteiger partial charge in [0, 0.05) is 13.6 Å². The molecule has 4 nitrogen and oxygen atoms in total. The van der Waals surface area contributed by atoms with Crippen LogP contribution in [-0.2, 0) is 6.42 Å². The zero-order chi connectivity index (χ0) is 14.2. The van der Waals surface area contributed by atoms with E-state index in [1.807, 2.05) is 31.3 Å². The molecule has 20 heavy (non-hydrogen) atoms. The van der Waals surface area contributed by atoms with Gasteiger partial charge in [-0.1, -0.05) is 30.3 Å². The molecule has 0 fully saturated rings. The van der Waals surface area contributed by atoms with Crippen LogP contribution >= 0.6 is 0 Å². The van der Waals surface area contributed by atoms with Gasteiger partial charge in [0.05, 0.1) is 11.9 Å². The van der Waals surface area contributed by atoms with Crippen LogP contribution in [0.5, 0.6) is 0 Å². The van der Waals surface area contributed by atoms with Gasteiger partial charge >= 0.3 is 0 Å². The van der Waals surface area contributed by atoms with Crippen LogP contribution in [-0.4, -0.2) is 24.5 Å². The predicted molar refractivity (Wildman–Crippen MR) is 80.9 cm³/mol. The third-order valence-corrected chi connectivity index (χ3v) is 3.06. The van der Waals surface area contributed by atoms with Crippen molar-refractivity contribution in [1.29, 1.82) is 0 Å². The van der Waals surface area contributed by atoms with E-state index in [2.05, 4.69) is 27.8 Å². The third-order valence-electron chi connectivity index (χ3n) is 3.06. The summed E-state index contributed by atoms with van der Waals surface area (Å²) in [5.74, 6) is -0.124. The van der Waals surface area contributed by atoms with Crippen LogP contribution in [0.25, 0.3) is 0 Å². The molecule has 1 aromatic carbocycles. The highest BCUT2D eigenvalue weighted by atomic mass is 16.1. The summed E-state index contributed by atoms with van der Waals surface area (Å²) < 4.78 is 0. The second-order valence-electron chi connectivity index (χ2n) is 4.53.